The van der Waals surface area contributed by atoms with Gasteiger partial charge in [0.15, 0.2) is 0 Å². The van der Waals surface area contributed by atoms with Gasteiger partial charge in [-0.05, 0) is 43.2 Å². The third-order valence-corrected chi connectivity index (χ3v) is 3.65. The molecule has 0 radical (unpaired) electrons. The SMILES string of the molecule is COc1ccc(NC(=O)C/C(C)=N\NC(=O)CCc2ccccc2)cc1. The summed E-state index contributed by atoms with van der Waals surface area (Å²) in [6, 6.07) is 16.8. The molecule has 0 aromatic heterocycles. The van der Waals surface area contributed by atoms with E-state index in [2.05, 4.69) is 15.8 Å². The van der Waals surface area contributed by atoms with Crippen LogP contribution < -0.4 is 15.5 Å². The van der Waals surface area contributed by atoms with E-state index in [1.165, 1.54) is 0 Å². The Bertz CT molecular complexity index is 756. The van der Waals surface area contributed by atoms with Gasteiger partial charge >= 0.3 is 0 Å². The Hall–Kier alpha value is -3.15. The van der Waals surface area contributed by atoms with Gasteiger partial charge in [-0.15, -0.1) is 0 Å². The lowest BCUT2D eigenvalue weighted by Gasteiger charge is -2.06. The highest BCUT2D eigenvalue weighted by atomic mass is 16.5. The zero-order chi connectivity index (χ0) is 18.8. The predicted octanol–water partition coefficient (Wildman–Crippen LogP) is 3.15. The van der Waals surface area contributed by atoms with E-state index in [0.29, 0.717) is 24.2 Å². The van der Waals surface area contributed by atoms with Crippen LogP contribution in [0.2, 0.25) is 0 Å². The number of nitrogens with one attached hydrogen (secondary N) is 2. The minimum atomic E-state index is -0.199. The van der Waals surface area contributed by atoms with Gasteiger partial charge in [0.05, 0.1) is 13.5 Å². The molecule has 0 aliphatic heterocycles. The molecule has 2 aromatic carbocycles. The van der Waals surface area contributed by atoms with Crippen LogP contribution >= 0.6 is 0 Å². The Morgan fingerprint density at radius 2 is 1.69 bits per heavy atom. The summed E-state index contributed by atoms with van der Waals surface area (Å²) in [6.07, 6.45) is 1.10. The molecule has 0 spiro atoms. The van der Waals surface area contributed by atoms with Gasteiger partial charge in [-0.25, -0.2) is 5.43 Å². The summed E-state index contributed by atoms with van der Waals surface area (Å²) in [7, 11) is 1.58. The van der Waals surface area contributed by atoms with Crippen molar-refractivity contribution in [1.29, 1.82) is 0 Å². The topological polar surface area (TPSA) is 79.8 Å². The maximum absolute atomic E-state index is 12.0. The fourth-order valence-electron chi connectivity index (χ4n) is 2.27. The minimum absolute atomic E-state index is 0.102. The quantitative estimate of drug-likeness (QED) is 0.565. The first kappa shape index (κ1) is 19.2. The van der Waals surface area contributed by atoms with E-state index in [1.54, 1.807) is 38.3 Å². The van der Waals surface area contributed by atoms with Gasteiger partial charge in [-0.3, -0.25) is 9.59 Å². The van der Waals surface area contributed by atoms with Crippen LogP contribution in [0.1, 0.15) is 25.3 Å². The van der Waals surface area contributed by atoms with Crippen LogP contribution in [0, 0.1) is 0 Å². The van der Waals surface area contributed by atoms with Crippen LogP contribution in [0.4, 0.5) is 5.69 Å². The van der Waals surface area contributed by atoms with Crippen molar-refractivity contribution in [3.05, 3.63) is 60.2 Å². The molecular weight excluding hydrogens is 330 g/mol. The first-order valence-corrected chi connectivity index (χ1v) is 8.36. The summed E-state index contributed by atoms with van der Waals surface area (Å²) in [6.45, 7) is 1.70. The van der Waals surface area contributed by atoms with E-state index in [-0.39, 0.29) is 18.2 Å². The number of methoxy groups -OCH3 is 1. The standard InChI is InChI=1S/C20H23N3O3/c1-15(14-20(25)21-17-9-11-18(26-2)12-10-17)22-23-19(24)13-8-16-6-4-3-5-7-16/h3-7,9-12H,8,13-14H2,1-2H3,(H,21,25)(H,23,24)/b22-15-. The lowest BCUT2D eigenvalue weighted by Crippen LogP contribution is -2.21. The number of carbonyl (C=O) groups is 2. The van der Waals surface area contributed by atoms with Crippen molar-refractivity contribution in [2.45, 2.75) is 26.2 Å². The van der Waals surface area contributed by atoms with Crippen LogP contribution in [-0.2, 0) is 16.0 Å². The molecule has 0 bridgehead atoms. The molecule has 2 N–H and O–H groups in total. The molecule has 6 heteroatoms. The van der Waals surface area contributed by atoms with Crippen LogP contribution in [-0.4, -0.2) is 24.6 Å². The fraction of sp³-hybridized carbons (Fsp3) is 0.250. The number of carbonyl (C=O) groups excluding carboxylic acids is 2. The number of benzene rings is 2. The number of rotatable bonds is 8. The molecule has 0 fully saturated rings. The van der Waals surface area contributed by atoms with Crippen molar-refractivity contribution in [2.24, 2.45) is 5.10 Å². The van der Waals surface area contributed by atoms with Crippen molar-refractivity contribution in [3.63, 3.8) is 0 Å². The third kappa shape index (κ3) is 6.76. The summed E-state index contributed by atoms with van der Waals surface area (Å²) >= 11 is 0. The zero-order valence-corrected chi connectivity index (χ0v) is 15.0. The van der Waals surface area contributed by atoms with Gasteiger partial charge in [0.1, 0.15) is 5.75 Å². The molecule has 136 valence electrons. The number of hydrogen-bond donors (Lipinski definition) is 2. The number of nitrogens with zero attached hydrogens (tertiary/aromatic N) is 1. The first-order chi connectivity index (χ1) is 12.6. The molecule has 0 heterocycles. The Balaban J connectivity index is 1.74. The Labute approximate surface area is 153 Å². The second kappa shape index (κ2) is 9.98. The van der Waals surface area contributed by atoms with Gasteiger partial charge in [0.2, 0.25) is 11.8 Å². The molecule has 2 amide bonds. The monoisotopic (exact) mass is 353 g/mol. The second-order valence-corrected chi connectivity index (χ2v) is 5.82. The summed E-state index contributed by atoms with van der Waals surface area (Å²) in [4.78, 5) is 23.8. The predicted molar refractivity (Wildman–Crippen MR) is 102 cm³/mol. The molecule has 0 saturated carbocycles. The molecular formula is C20H23N3O3. The second-order valence-electron chi connectivity index (χ2n) is 5.82. The lowest BCUT2D eigenvalue weighted by atomic mass is 10.1. The lowest BCUT2D eigenvalue weighted by molar-refractivity contribution is -0.121. The number of anilines is 1. The molecule has 0 atom stereocenters. The van der Waals surface area contributed by atoms with Gasteiger partial charge in [0, 0.05) is 17.8 Å². The van der Waals surface area contributed by atoms with E-state index < -0.39 is 0 Å². The molecule has 0 aliphatic rings. The molecule has 2 aromatic rings. The van der Waals surface area contributed by atoms with Gasteiger partial charge in [-0.2, -0.15) is 5.10 Å². The maximum Gasteiger partial charge on any atom is 0.240 e. The number of hydrazone groups is 1. The molecule has 6 nitrogen and oxygen atoms in total. The number of amides is 2. The van der Waals surface area contributed by atoms with Crippen LogP contribution in [0.3, 0.4) is 0 Å². The first-order valence-electron chi connectivity index (χ1n) is 8.36. The highest BCUT2D eigenvalue weighted by Gasteiger charge is 2.06. The van der Waals surface area contributed by atoms with Crippen molar-refractivity contribution in [2.75, 3.05) is 12.4 Å². The highest BCUT2D eigenvalue weighted by Crippen LogP contribution is 2.15. The van der Waals surface area contributed by atoms with E-state index >= 15 is 0 Å². The van der Waals surface area contributed by atoms with E-state index in [4.69, 9.17) is 4.74 Å². The van der Waals surface area contributed by atoms with E-state index in [9.17, 15) is 9.59 Å². The van der Waals surface area contributed by atoms with Gasteiger partial charge in [-0.1, -0.05) is 30.3 Å². The molecule has 0 aliphatic carbocycles. The Kier molecular flexibility index (Phi) is 7.36. The fourth-order valence-corrected chi connectivity index (χ4v) is 2.27. The minimum Gasteiger partial charge on any atom is -0.497 e. The molecule has 0 saturated heterocycles. The third-order valence-electron chi connectivity index (χ3n) is 3.65. The van der Waals surface area contributed by atoms with Crippen LogP contribution in [0.5, 0.6) is 5.75 Å². The normalized spacial score (nSPS) is 10.9. The summed E-state index contributed by atoms with van der Waals surface area (Å²) < 4.78 is 5.07. The largest absolute Gasteiger partial charge is 0.497 e. The van der Waals surface area contributed by atoms with Gasteiger partial charge in [0.25, 0.3) is 0 Å². The molecule has 0 unspecified atom stereocenters. The number of hydrogen-bond acceptors (Lipinski definition) is 4. The van der Waals surface area contributed by atoms with Crippen LogP contribution in [0.25, 0.3) is 0 Å². The molecule has 2 rings (SSSR count). The van der Waals surface area contributed by atoms with Crippen molar-refractivity contribution in [3.8, 4) is 5.75 Å². The van der Waals surface area contributed by atoms with Gasteiger partial charge < -0.3 is 10.1 Å². The highest BCUT2D eigenvalue weighted by molar-refractivity contribution is 6.05. The molecule has 26 heavy (non-hydrogen) atoms. The average Bonchev–Trinajstić information content (AvgIpc) is 2.66. The van der Waals surface area contributed by atoms with Crippen molar-refractivity contribution >= 4 is 23.2 Å². The van der Waals surface area contributed by atoms with E-state index in [0.717, 1.165) is 11.3 Å². The number of aryl methyl sites for hydroxylation is 1. The average molecular weight is 353 g/mol. The van der Waals surface area contributed by atoms with Crippen molar-refractivity contribution in [1.82, 2.24) is 5.43 Å². The maximum atomic E-state index is 12.0. The van der Waals surface area contributed by atoms with E-state index in [1.807, 2.05) is 30.3 Å². The Morgan fingerprint density at radius 1 is 1.00 bits per heavy atom. The zero-order valence-electron chi connectivity index (χ0n) is 15.0. The smallest absolute Gasteiger partial charge is 0.240 e. The van der Waals surface area contributed by atoms with Crippen molar-refractivity contribution < 1.29 is 14.3 Å². The summed E-state index contributed by atoms with van der Waals surface area (Å²) in [5.41, 5.74) is 4.80. The number of ether oxygens (including phenoxy) is 1. The summed E-state index contributed by atoms with van der Waals surface area (Å²) in [5.74, 6) is 0.345. The van der Waals surface area contributed by atoms with Crippen LogP contribution in [0.15, 0.2) is 59.7 Å². The Morgan fingerprint density at radius 3 is 2.35 bits per heavy atom. The summed E-state index contributed by atoms with van der Waals surface area (Å²) in [5, 5.41) is 6.75.